The lowest BCUT2D eigenvalue weighted by molar-refractivity contribution is 0.112. The Morgan fingerprint density at radius 1 is 1.19 bits per heavy atom. The zero-order valence-corrected chi connectivity index (χ0v) is 16.2. The molecule has 1 aliphatic heterocycles. The molecular formula is C23H20N2OS. The average molecular weight is 372 g/mol. The van der Waals surface area contributed by atoms with E-state index in [1.165, 1.54) is 11.1 Å². The van der Waals surface area contributed by atoms with Crippen LogP contribution < -0.4 is 4.90 Å². The summed E-state index contributed by atoms with van der Waals surface area (Å²) in [7, 11) is 0. The molecule has 4 heteroatoms. The number of anilines is 1. The van der Waals surface area contributed by atoms with E-state index in [9.17, 15) is 4.79 Å². The van der Waals surface area contributed by atoms with Crippen molar-refractivity contribution in [1.29, 1.82) is 0 Å². The molecule has 0 N–H and O–H groups in total. The second-order valence-electron chi connectivity index (χ2n) is 6.68. The van der Waals surface area contributed by atoms with Crippen LogP contribution in [0.15, 0.2) is 47.8 Å². The summed E-state index contributed by atoms with van der Waals surface area (Å²) in [4.78, 5) is 18.5. The summed E-state index contributed by atoms with van der Waals surface area (Å²) < 4.78 is 0. The number of carbonyl (C=O) groups is 1. The molecule has 4 rings (SSSR count). The maximum absolute atomic E-state index is 11.8. The highest BCUT2D eigenvalue weighted by molar-refractivity contribution is 7.09. The highest BCUT2D eigenvalue weighted by atomic mass is 32.1. The van der Waals surface area contributed by atoms with Gasteiger partial charge in [0.25, 0.3) is 0 Å². The molecule has 134 valence electrons. The van der Waals surface area contributed by atoms with Gasteiger partial charge < -0.3 is 4.90 Å². The summed E-state index contributed by atoms with van der Waals surface area (Å²) in [6.07, 6.45) is 1.90. The maximum Gasteiger partial charge on any atom is 0.152 e. The summed E-state index contributed by atoms with van der Waals surface area (Å²) in [5, 5.41) is 2.97. The monoisotopic (exact) mass is 372 g/mol. The van der Waals surface area contributed by atoms with E-state index in [-0.39, 0.29) is 6.04 Å². The topological polar surface area (TPSA) is 33.2 Å². The van der Waals surface area contributed by atoms with Gasteiger partial charge in [-0.05, 0) is 49.4 Å². The Balaban J connectivity index is 1.78. The molecule has 0 fully saturated rings. The van der Waals surface area contributed by atoms with Gasteiger partial charge in [-0.3, -0.25) is 4.79 Å². The minimum atomic E-state index is 0.193. The van der Waals surface area contributed by atoms with Gasteiger partial charge in [-0.15, -0.1) is 11.3 Å². The Bertz CT molecular complexity index is 1060. The van der Waals surface area contributed by atoms with Crippen molar-refractivity contribution in [2.75, 3.05) is 11.4 Å². The fourth-order valence-corrected chi connectivity index (χ4v) is 4.25. The zero-order chi connectivity index (χ0) is 18.8. The number of benzene rings is 2. The maximum atomic E-state index is 11.8. The second-order valence-corrected chi connectivity index (χ2v) is 7.74. The standard InChI is InChI=1S/C23H20N2OS/c1-16-22-9-4-3-6-18(22)12-13-25(16)23-19(7-5-8-20(23)14-26)10-11-21-15-27-17(2)24-21/h3-9,14-16H,12-13H2,1-2H3. The van der Waals surface area contributed by atoms with Crippen molar-refractivity contribution in [2.24, 2.45) is 0 Å². The van der Waals surface area contributed by atoms with Crippen molar-refractivity contribution in [3.8, 4) is 11.8 Å². The molecule has 0 amide bonds. The van der Waals surface area contributed by atoms with Crippen LogP contribution in [-0.4, -0.2) is 17.8 Å². The van der Waals surface area contributed by atoms with E-state index >= 15 is 0 Å². The van der Waals surface area contributed by atoms with Gasteiger partial charge in [-0.25, -0.2) is 4.98 Å². The van der Waals surface area contributed by atoms with Crippen LogP contribution in [0.4, 0.5) is 5.69 Å². The number of aldehydes is 1. The average Bonchev–Trinajstić information content (AvgIpc) is 3.12. The van der Waals surface area contributed by atoms with Crippen molar-refractivity contribution in [2.45, 2.75) is 26.3 Å². The lowest BCUT2D eigenvalue weighted by Gasteiger charge is -2.38. The van der Waals surface area contributed by atoms with Crippen LogP contribution >= 0.6 is 11.3 Å². The Hall–Kier alpha value is -2.90. The minimum absolute atomic E-state index is 0.193. The van der Waals surface area contributed by atoms with Crippen molar-refractivity contribution in [1.82, 2.24) is 4.98 Å². The fraction of sp³-hybridized carbons (Fsp3) is 0.217. The first kappa shape index (κ1) is 17.5. The summed E-state index contributed by atoms with van der Waals surface area (Å²) in [6.45, 7) is 5.04. The van der Waals surface area contributed by atoms with Crippen molar-refractivity contribution < 1.29 is 4.79 Å². The van der Waals surface area contributed by atoms with E-state index in [0.717, 1.165) is 41.2 Å². The van der Waals surface area contributed by atoms with Gasteiger partial charge in [0.1, 0.15) is 5.69 Å². The number of fused-ring (bicyclic) bond motifs is 1. The normalized spacial score (nSPS) is 15.6. The quantitative estimate of drug-likeness (QED) is 0.479. The van der Waals surface area contributed by atoms with E-state index in [0.29, 0.717) is 5.56 Å². The SMILES string of the molecule is Cc1nc(C#Cc2cccc(C=O)c2N2CCc3ccccc3C2C)cs1. The Morgan fingerprint density at radius 2 is 2.04 bits per heavy atom. The Kier molecular flexibility index (Phi) is 4.79. The molecule has 1 atom stereocenters. The number of rotatable bonds is 2. The predicted molar refractivity (Wildman–Crippen MR) is 111 cm³/mol. The van der Waals surface area contributed by atoms with Crippen molar-refractivity contribution >= 4 is 23.3 Å². The highest BCUT2D eigenvalue weighted by Crippen LogP contribution is 2.36. The van der Waals surface area contributed by atoms with Gasteiger partial charge >= 0.3 is 0 Å². The molecule has 1 unspecified atom stereocenters. The van der Waals surface area contributed by atoms with E-state index in [1.807, 2.05) is 30.5 Å². The highest BCUT2D eigenvalue weighted by Gasteiger charge is 2.26. The van der Waals surface area contributed by atoms with Gasteiger partial charge in [0, 0.05) is 23.1 Å². The van der Waals surface area contributed by atoms with Gasteiger partial charge in [-0.2, -0.15) is 0 Å². The molecule has 27 heavy (non-hydrogen) atoms. The third kappa shape index (κ3) is 3.39. The molecule has 0 radical (unpaired) electrons. The predicted octanol–water partition coefficient (Wildman–Crippen LogP) is 4.79. The van der Waals surface area contributed by atoms with Crippen LogP contribution in [-0.2, 0) is 6.42 Å². The number of thiazole rings is 1. The minimum Gasteiger partial charge on any atom is -0.363 e. The molecule has 2 aromatic carbocycles. The molecule has 2 heterocycles. The molecule has 3 aromatic rings. The number of carbonyl (C=O) groups excluding carboxylic acids is 1. The van der Waals surface area contributed by atoms with E-state index < -0.39 is 0 Å². The van der Waals surface area contributed by atoms with Crippen molar-refractivity contribution in [3.05, 3.63) is 80.8 Å². The number of hydrogen-bond donors (Lipinski definition) is 0. The molecule has 0 saturated carbocycles. The third-order valence-corrected chi connectivity index (χ3v) is 5.79. The van der Waals surface area contributed by atoms with E-state index in [1.54, 1.807) is 11.3 Å². The summed E-state index contributed by atoms with van der Waals surface area (Å²) in [6, 6.07) is 14.5. The number of aromatic nitrogens is 1. The van der Waals surface area contributed by atoms with Crippen LogP contribution in [0.25, 0.3) is 0 Å². The van der Waals surface area contributed by atoms with Gasteiger partial charge in [-0.1, -0.05) is 36.3 Å². The fourth-order valence-electron chi connectivity index (χ4n) is 3.71. The van der Waals surface area contributed by atoms with Crippen LogP contribution in [0.1, 0.15) is 50.7 Å². The van der Waals surface area contributed by atoms with E-state index in [4.69, 9.17) is 0 Å². The lowest BCUT2D eigenvalue weighted by Crippen LogP contribution is -2.35. The third-order valence-electron chi connectivity index (χ3n) is 5.02. The molecule has 0 bridgehead atoms. The summed E-state index contributed by atoms with van der Waals surface area (Å²) in [5.74, 6) is 6.41. The molecular weight excluding hydrogens is 352 g/mol. The van der Waals surface area contributed by atoms with Crippen LogP contribution in [0, 0.1) is 18.8 Å². The van der Waals surface area contributed by atoms with E-state index in [2.05, 4.69) is 52.9 Å². The summed E-state index contributed by atoms with van der Waals surface area (Å²) in [5.41, 5.74) is 5.96. The van der Waals surface area contributed by atoms with Crippen LogP contribution in [0.2, 0.25) is 0 Å². The Labute approximate surface area is 163 Å². The first-order valence-electron chi connectivity index (χ1n) is 9.04. The zero-order valence-electron chi connectivity index (χ0n) is 15.4. The van der Waals surface area contributed by atoms with Crippen molar-refractivity contribution in [3.63, 3.8) is 0 Å². The first-order chi connectivity index (χ1) is 13.2. The summed E-state index contributed by atoms with van der Waals surface area (Å²) >= 11 is 1.59. The van der Waals surface area contributed by atoms with Gasteiger partial charge in [0.15, 0.2) is 6.29 Å². The number of nitrogens with zero attached hydrogens (tertiary/aromatic N) is 2. The molecule has 1 aromatic heterocycles. The number of para-hydroxylation sites is 1. The molecule has 3 nitrogen and oxygen atoms in total. The number of aryl methyl sites for hydroxylation is 1. The smallest absolute Gasteiger partial charge is 0.152 e. The molecule has 0 saturated heterocycles. The Morgan fingerprint density at radius 3 is 2.81 bits per heavy atom. The number of hydrogen-bond acceptors (Lipinski definition) is 4. The molecule has 0 spiro atoms. The largest absolute Gasteiger partial charge is 0.363 e. The first-order valence-corrected chi connectivity index (χ1v) is 9.92. The van der Waals surface area contributed by atoms with Crippen LogP contribution in [0.5, 0.6) is 0 Å². The lowest BCUT2D eigenvalue weighted by atomic mass is 9.92. The van der Waals surface area contributed by atoms with Gasteiger partial charge in [0.2, 0.25) is 0 Å². The van der Waals surface area contributed by atoms with Crippen LogP contribution in [0.3, 0.4) is 0 Å². The molecule has 0 aliphatic carbocycles. The van der Waals surface area contributed by atoms with Gasteiger partial charge in [0.05, 0.1) is 16.7 Å². The molecule has 1 aliphatic rings. The second kappa shape index (κ2) is 7.38.